The minimum atomic E-state index is -5.00. The molecule has 1 rings (SSSR count). The van der Waals surface area contributed by atoms with E-state index < -0.39 is 63.1 Å². The normalized spacial score (nSPS) is 24.7. The van der Waals surface area contributed by atoms with E-state index in [-0.39, 0.29) is 13.0 Å². The fourth-order valence-corrected chi connectivity index (χ4v) is 6.74. The second kappa shape index (κ2) is 28.6. The number of carbonyl (C=O) groups excluding carboxylic acids is 1. The lowest BCUT2D eigenvalue weighted by molar-refractivity contribution is -0.220. The van der Waals surface area contributed by atoms with E-state index >= 15 is 0 Å². The number of allylic oxidation sites excluding steroid dienone is 2. The average molecular weight is 725 g/mol. The zero-order valence-electron chi connectivity index (χ0n) is 30.2. The number of carbonyl (C=O) groups is 1. The van der Waals surface area contributed by atoms with Crippen LogP contribution < -0.4 is 0 Å². The minimum absolute atomic E-state index is 0.0770. The summed E-state index contributed by atoms with van der Waals surface area (Å²) in [7, 11) is -5.00. The van der Waals surface area contributed by atoms with E-state index in [1.807, 2.05) is 0 Å². The Bertz CT molecular complexity index is 874. The molecule has 6 N–H and O–H groups in total. The van der Waals surface area contributed by atoms with Crippen molar-refractivity contribution in [3.05, 3.63) is 12.2 Å². The Balaban J connectivity index is 2.49. The van der Waals surface area contributed by atoms with Gasteiger partial charge < -0.3 is 39.9 Å². The molecule has 6 unspecified atom stereocenters. The first-order valence-corrected chi connectivity index (χ1v) is 20.5. The molecule has 13 heteroatoms. The minimum Gasteiger partial charge on any atom is -0.457 e. The van der Waals surface area contributed by atoms with Crippen LogP contribution in [0.4, 0.5) is 0 Å². The number of esters is 1. The van der Waals surface area contributed by atoms with Crippen molar-refractivity contribution < 1.29 is 58.3 Å². The highest BCUT2D eigenvalue weighted by Gasteiger charge is 2.51. The van der Waals surface area contributed by atoms with Gasteiger partial charge in [-0.05, 0) is 32.1 Å². The number of hydrogen-bond acceptors (Lipinski definition) is 11. The maximum absolute atomic E-state index is 12.7. The number of aliphatic hydroxyl groups excluding tert-OH is 5. The van der Waals surface area contributed by atoms with E-state index in [2.05, 4.69) is 26.0 Å². The third kappa shape index (κ3) is 21.9. The molecule has 0 aromatic rings. The first-order valence-electron chi connectivity index (χ1n) is 19.0. The van der Waals surface area contributed by atoms with Crippen LogP contribution in [0.1, 0.15) is 149 Å². The molecule has 0 amide bonds. The average Bonchev–Trinajstić information content (AvgIpc) is 3.08. The molecule has 12 nitrogen and oxygen atoms in total. The number of phosphoric ester groups is 1. The summed E-state index contributed by atoms with van der Waals surface area (Å²) in [5.41, 5.74) is 0. The van der Waals surface area contributed by atoms with E-state index in [9.17, 15) is 39.8 Å². The van der Waals surface area contributed by atoms with Gasteiger partial charge in [-0.25, -0.2) is 4.57 Å². The third-order valence-corrected chi connectivity index (χ3v) is 9.85. The number of phosphoric acid groups is 1. The molecule has 0 spiro atoms. The van der Waals surface area contributed by atoms with Gasteiger partial charge in [-0.2, -0.15) is 0 Å². The third-order valence-electron chi connectivity index (χ3n) is 8.87. The predicted octanol–water partition coefficient (Wildman–Crippen LogP) is 6.02. The smallest absolute Gasteiger partial charge is 0.457 e. The Morgan fingerprint density at radius 2 is 1.12 bits per heavy atom. The van der Waals surface area contributed by atoms with Crippen LogP contribution in [-0.4, -0.2) is 98.9 Å². The van der Waals surface area contributed by atoms with Crippen molar-refractivity contribution in [3.63, 3.8) is 0 Å². The fourth-order valence-electron chi connectivity index (χ4n) is 5.77. The quantitative estimate of drug-likeness (QED) is 0.0211. The molecular weight excluding hydrogens is 655 g/mol. The number of rotatable bonds is 31. The predicted molar refractivity (Wildman–Crippen MR) is 189 cm³/mol. The van der Waals surface area contributed by atoms with Gasteiger partial charge in [0.1, 0.15) is 42.7 Å². The molecule has 0 saturated heterocycles. The van der Waals surface area contributed by atoms with E-state index in [0.29, 0.717) is 13.0 Å². The molecule has 290 valence electrons. The molecule has 0 aromatic carbocycles. The van der Waals surface area contributed by atoms with Crippen LogP contribution in [0.5, 0.6) is 0 Å². The molecule has 1 saturated carbocycles. The van der Waals surface area contributed by atoms with Crippen molar-refractivity contribution in [2.24, 2.45) is 0 Å². The molecule has 0 aliphatic heterocycles. The van der Waals surface area contributed by atoms with E-state index in [1.54, 1.807) is 0 Å². The number of ether oxygens (including phenoxy) is 2. The van der Waals surface area contributed by atoms with Crippen molar-refractivity contribution in [1.29, 1.82) is 0 Å². The largest absolute Gasteiger partial charge is 0.472 e. The molecule has 49 heavy (non-hydrogen) atoms. The maximum atomic E-state index is 12.7. The molecule has 0 heterocycles. The van der Waals surface area contributed by atoms with Crippen LogP contribution in [-0.2, 0) is 27.9 Å². The number of unbranched alkanes of at least 4 members (excludes halogenated alkanes) is 17. The molecule has 1 fully saturated rings. The van der Waals surface area contributed by atoms with Gasteiger partial charge in [0, 0.05) is 13.0 Å². The van der Waals surface area contributed by atoms with Crippen LogP contribution in [0.25, 0.3) is 0 Å². The molecule has 0 bridgehead atoms. The van der Waals surface area contributed by atoms with Crippen LogP contribution in [0.3, 0.4) is 0 Å². The van der Waals surface area contributed by atoms with Crippen molar-refractivity contribution in [2.45, 2.75) is 191 Å². The summed E-state index contributed by atoms with van der Waals surface area (Å²) in [6, 6.07) is 0. The topological polar surface area (TPSA) is 192 Å². The molecule has 0 radical (unpaired) electrons. The van der Waals surface area contributed by atoms with Gasteiger partial charge >= 0.3 is 13.8 Å². The van der Waals surface area contributed by atoms with Crippen LogP contribution >= 0.6 is 7.82 Å². The highest BCUT2D eigenvalue weighted by Crippen LogP contribution is 2.47. The zero-order chi connectivity index (χ0) is 36.3. The summed E-state index contributed by atoms with van der Waals surface area (Å²) < 4.78 is 33.9. The van der Waals surface area contributed by atoms with Gasteiger partial charge in [0.15, 0.2) is 0 Å². The van der Waals surface area contributed by atoms with Gasteiger partial charge in [-0.1, -0.05) is 122 Å². The Labute approximate surface area is 295 Å². The molecule has 1 aliphatic rings. The summed E-state index contributed by atoms with van der Waals surface area (Å²) in [5.74, 6) is -0.482. The van der Waals surface area contributed by atoms with Crippen LogP contribution in [0.2, 0.25) is 0 Å². The molecule has 0 aromatic heterocycles. The second-order valence-corrected chi connectivity index (χ2v) is 14.8. The van der Waals surface area contributed by atoms with Crippen LogP contribution in [0, 0.1) is 0 Å². The summed E-state index contributed by atoms with van der Waals surface area (Å²) in [6.07, 6.45) is 14.4. The second-order valence-electron chi connectivity index (χ2n) is 13.4. The Morgan fingerprint density at radius 3 is 1.69 bits per heavy atom. The molecule has 1 aliphatic carbocycles. The first kappa shape index (κ1) is 46.1. The summed E-state index contributed by atoms with van der Waals surface area (Å²) in [4.78, 5) is 22.9. The fraction of sp³-hybridized carbons (Fsp3) is 0.917. The Hall–Kier alpha value is -0.920. The first-order chi connectivity index (χ1) is 23.5. The summed E-state index contributed by atoms with van der Waals surface area (Å²) in [5, 5.41) is 49.9. The Kier molecular flexibility index (Phi) is 26.9. The highest BCUT2D eigenvalue weighted by molar-refractivity contribution is 7.47. The summed E-state index contributed by atoms with van der Waals surface area (Å²) >= 11 is 0. The highest BCUT2D eigenvalue weighted by atomic mass is 31.2. The SMILES string of the molecule is CCC/C=C\CCCCCCCCOCC(COP(=O)(O)OC1C(O)C(O)C(O)C(O)C1O)OC(=O)CCCCCCCCCCCCC. The molecular formula is C36H69O12P. The number of hydrogen-bond donors (Lipinski definition) is 6. The molecule has 6 atom stereocenters. The van der Waals surface area contributed by atoms with Gasteiger partial charge in [-0.15, -0.1) is 0 Å². The van der Waals surface area contributed by atoms with Gasteiger partial charge in [0.05, 0.1) is 13.2 Å². The van der Waals surface area contributed by atoms with E-state index in [1.165, 1.54) is 64.2 Å². The summed E-state index contributed by atoms with van der Waals surface area (Å²) in [6.45, 7) is 4.15. The van der Waals surface area contributed by atoms with Gasteiger partial charge in [0.25, 0.3) is 0 Å². The maximum Gasteiger partial charge on any atom is 0.472 e. The lowest BCUT2D eigenvalue weighted by Crippen LogP contribution is -2.64. The zero-order valence-corrected chi connectivity index (χ0v) is 31.1. The Morgan fingerprint density at radius 1 is 0.633 bits per heavy atom. The van der Waals surface area contributed by atoms with Crippen molar-refractivity contribution in [2.75, 3.05) is 19.8 Å². The lowest BCUT2D eigenvalue weighted by atomic mass is 9.85. The monoisotopic (exact) mass is 724 g/mol. The van der Waals surface area contributed by atoms with Crippen molar-refractivity contribution in [1.82, 2.24) is 0 Å². The van der Waals surface area contributed by atoms with Crippen molar-refractivity contribution in [3.8, 4) is 0 Å². The number of aliphatic hydroxyl groups is 5. The van der Waals surface area contributed by atoms with Crippen LogP contribution in [0.15, 0.2) is 12.2 Å². The standard InChI is InChI=1S/C36H69O12P/c1-3-5-7-9-11-13-15-17-19-21-23-25-30(37)47-29(27-45-26-24-22-20-18-16-14-12-10-8-6-4-2)28-46-49(43,44)48-36-34(41)32(39)31(38)33(40)35(36)42/h8,10,29,31-36,38-42H,3-7,9,11-28H2,1-2H3,(H,43,44)/b10-8-. The van der Waals surface area contributed by atoms with E-state index in [4.69, 9.17) is 18.5 Å². The van der Waals surface area contributed by atoms with Crippen molar-refractivity contribution >= 4 is 13.8 Å². The lowest BCUT2D eigenvalue weighted by Gasteiger charge is -2.41. The van der Waals surface area contributed by atoms with Gasteiger partial charge in [0.2, 0.25) is 0 Å². The van der Waals surface area contributed by atoms with E-state index in [0.717, 1.165) is 57.8 Å². The van der Waals surface area contributed by atoms with Gasteiger partial charge in [-0.3, -0.25) is 13.8 Å².